The molecule has 8 nitrogen and oxygen atoms in total. The van der Waals surface area contributed by atoms with E-state index in [0.29, 0.717) is 17.3 Å². The molecule has 2 fully saturated rings. The Balaban J connectivity index is 1.76. The maximum absolute atomic E-state index is 12.8. The summed E-state index contributed by atoms with van der Waals surface area (Å²) in [4.78, 5) is 32.2. The molecule has 1 saturated carbocycles. The van der Waals surface area contributed by atoms with Crippen LogP contribution in [0.25, 0.3) is 5.65 Å². The fourth-order valence-corrected chi connectivity index (χ4v) is 4.97. The van der Waals surface area contributed by atoms with E-state index in [1.165, 1.54) is 11.9 Å². The van der Waals surface area contributed by atoms with E-state index in [4.69, 9.17) is 4.98 Å². The Labute approximate surface area is 180 Å². The van der Waals surface area contributed by atoms with Crippen LogP contribution in [-0.4, -0.2) is 60.5 Å². The third kappa shape index (κ3) is 3.59. The molecule has 0 N–H and O–H groups in total. The molecule has 2 unspecified atom stereocenters. The molecule has 4 rings (SSSR count). The van der Waals surface area contributed by atoms with Crippen molar-refractivity contribution in [1.29, 1.82) is 0 Å². The first-order valence-corrected chi connectivity index (χ1v) is 11.3. The highest BCUT2D eigenvalue weighted by molar-refractivity contribution is 7.90. The van der Waals surface area contributed by atoms with E-state index in [1.54, 1.807) is 0 Å². The molecule has 0 spiro atoms. The predicted octanol–water partition coefficient (Wildman–Crippen LogP) is 3.07. The van der Waals surface area contributed by atoms with Gasteiger partial charge in [-0.25, -0.2) is 9.78 Å². The number of imide groups is 1. The second-order valence-corrected chi connectivity index (χ2v) is 11.5. The number of pyridine rings is 1. The summed E-state index contributed by atoms with van der Waals surface area (Å²) < 4.78 is 16.2. The molecule has 2 aromatic rings. The molecule has 3 amide bonds. The molecule has 1 aliphatic carbocycles. The van der Waals surface area contributed by atoms with Gasteiger partial charge in [0, 0.05) is 37.9 Å². The Hall–Kier alpha value is -2.10. The normalized spacial score (nSPS) is 20.0. The molecular formula is C21H29N5O3S. The van der Waals surface area contributed by atoms with Crippen molar-refractivity contribution in [3.05, 3.63) is 29.7 Å². The van der Waals surface area contributed by atoms with Gasteiger partial charge in [-0.05, 0) is 58.1 Å². The second-order valence-electron chi connectivity index (χ2n) is 9.23. The average molecular weight is 432 g/mol. The van der Waals surface area contributed by atoms with E-state index in [0.717, 1.165) is 29.0 Å². The largest absolute Gasteiger partial charge is 0.597 e. The standard InChI is InChI=1S/C21H29N5O3S/c1-13(24(6)30(29)21(2,3)4)16-11-25-10-15(14-7-8-14)9-17(19(25)22-16)26-12-18(27)23(5)20(26)28/h9-11,13-14H,7-8,12H2,1-6H3. The number of urea groups is 1. The number of imidazole rings is 1. The molecule has 2 aromatic heterocycles. The van der Waals surface area contributed by atoms with Crippen molar-refractivity contribution >= 4 is 34.6 Å². The highest BCUT2D eigenvalue weighted by Gasteiger charge is 2.38. The van der Waals surface area contributed by atoms with Crippen molar-refractivity contribution in [2.75, 3.05) is 25.5 Å². The molecular weight excluding hydrogens is 402 g/mol. The fourth-order valence-electron chi connectivity index (χ4n) is 3.71. The number of hydrogen-bond acceptors (Lipinski definition) is 5. The molecule has 2 atom stereocenters. The molecule has 2 aliphatic rings. The van der Waals surface area contributed by atoms with Gasteiger partial charge >= 0.3 is 6.03 Å². The Bertz CT molecular complexity index is 1010. The van der Waals surface area contributed by atoms with E-state index < -0.39 is 11.4 Å². The highest BCUT2D eigenvalue weighted by Crippen LogP contribution is 2.42. The molecule has 9 heteroatoms. The maximum atomic E-state index is 12.8. The number of likely N-dealkylation sites (N-methyl/N-ethyl adjacent to an activating group) is 1. The van der Waals surface area contributed by atoms with Gasteiger partial charge in [-0.2, -0.15) is 0 Å². The number of hydrogen-bond donors (Lipinski definition) is 0. The lowest BCUT2D eigenvalue weighted by Gasteiger charge is -2.32. The van der Waals surface area contributed by atoms with Crippen LogP contribution in [0, 0.1) is 0 Å². The Kier molecular flexibility index (Phi) is 5.11. The van der Waals surface area contributed by atoms with Gasteiger partial charge in [-0.1, -0.05) is 0 Å². The van der Waals surface area contributed by atoms with Crippen molar-refractivity contribution in [2.45, 2.75) is 57.2 Å². The van der Waals surface area contributed by atoms with Crippen LogP contribution < -0.4 is 4.90 Å². The van der Waals surface area contributed by atoms with Crippen LogP contribution >= 0.6 is 0 Å². The zero-order chi connectivity index (χ0) is 22.0. The Morgan fingerprint density at radius 1 is 1.27 bits per heavy atom. The van der Waals surface area contributed by atoms with Crippen LogP contribution in [0.3, 0.4) is 0 Å². The van der Waals surface area contributed by atoms with Crippen molar-refractivity contribution in [1.82, 2.24) is 18.6 Å². The lowest BCUT2D eigenvalue weighted by molar-refractivity contribution is -0.123. The van der Waals surface area contributed by atoms with Gasteiger partial charge in [0.15, 0.2) is 5.65 Å². The number of carbonyl (C=O) groups is 2. The van der Waals surface area contributed by atoms with Gasteiger partial charge in [-0.15, -0.1) is 4.31 Å². The van der Waals surface area contributed by atoms with Gasteiger partial charge in [0.25, 0.3) is 0 Å². The minimum absolute atomic E-state index is 0.0187. The zero-order valence-electron chi connectivity index (χ0n) is 18.4. The lowest BCUT2D eigenvalue weighted by atomic mass is 10.1. The van der Waals surface area contributed by atoms with Gasteiger partial charge in [-0.3, -0.25) is 14.6 Å². The Morgan fingerprint density at radius 2 is 1.93 bits per heavy atom. The SMILES string of the molecule is CC(c1cn2cc(C3CC3)cc(N3CC(=O)N(C)C3=O)c2n1)N(C)[S+]([O-])C(C)(C)C. The first-order chi connectivity index (χ1) is 14.0. The first-order valence-electron chi connectivity index (χ1n) is 10.2. The van der Waals surface area contributed by atoms with Gasteiger partial charge in [0.1, 0.15) is 11.3 Å². The number of fused-ring (bicyclic) bond motifs is 1. The van der Waals surface area contributed by atoms with Crippen molar-refractivity contribution in [3.63, 3.8) is 0 Å². The fraction of sp³-hybridized carbons (Fsp3) is 0.571. The summed E-state index contributed by atoms with van der Waals surface area (Å²) in [6.45, 7) is 7.84. The summed E-state index contributed by atoms with van der Waals surface area (Å²) in [6, 6.07) is 1.48. The lowest BCUT2D eigenvalue weighted by Crippen LogP contribution is -2.42. The summed E-state index contributed by atoms with van der Waals surface area (Å²) in [5, 5.41) is 0. The molecule has 0 bridgehead atoms. The van der Waals surface area contributed by atoms with Gasteiger partial charge in [0.2, 0.25) is 5.91 Å². The minimum Gasteiger partial charge on any atom is -0.597 e. The van der Waals surface area contributed by atoms with E-state index in [1.807, 2.05) is 55.7 Å². The number of rotatable bonds is 5. The molecule has 162 valence electrons. The van der Waals surface area contributed by atoms with E-state index >= 15 is 0 Å². The zero-order valence-corrected chi connectivity index (χ0v) is 19.2. The van der Waals surface area contributed by atoms with Crippen molar-refractivity contribution < 1.29 is 14.1 Å². The summed E-state index contributed by atoms with van der Waals surface area (Å²) in [7, 11) is 3.34. The van der Waals surface area contributed by atoms with Crippen LogP contribution in [0.15, 0.2) is 18.5 Å². The molecule has 30 heavy (non-hydrogen) atoms. The van der Waals surface area contributed by atoms with Crippen LogP contribution in [0.1, 0.15) is 63.8 Å². The summed E-state index contributed by atoms with van der Waals surface area (Å²) in [5.41, 5.74) is 3.21. The molecule has 0 radical (unpaired) electrons. The third-order valence-electron chi connectivity index (χ3n) is 5.86. The number of anilines is 1. The van der Waals surface area contributed by atoms with Crippen molar-refractivity contribution in [2.24, 2.45) is 0 Å². The highest BCUT2D eigenvalue weighted by atomic mass is 32.2. The summed E-state index contributed by atoms with van der Waals surface area (Å²) in [5.74, 6) is 0.258. The van der Waals surface area contributed by atoms with Gasteiger partial charge in [0.05, 0.1) is 17.4 Å². The van der Waals surface area contributed by atoms with E-state index in [9.17, 15) is 14.1 Å². The van der Waals surface area contributed by atoms with Crippen LogP contribution in [0.2, 0.25) is 0 Å². The smallest absolute Gasteiger partial charge is 0.331 e. The average Bonchev–Trinajstić information content (AvgIpc) is 3.40. The predicted molar refractivity (Wildman–Crippen MR) is 117 cm³/mol. The number of carbonyl (C=O) groups excluding carboxylic acids is 2. The van der Waals surface area contributed by atoms with Crippen molar-refractivity contribution in [3.8, 4) is 0 Å². The van der Waals surface area contributed by atoms with Crippen LogP contribution in [0.5, 0.6) is 0 Å². The first kappa shape index (κ1) is 21.1. The number of nitrogens with zero attached hydrogens (tertiary/aromatic N) is 5. The molecule has 1 saturated heterocycles. The summed E-state index contributed by atoms with van der Waals surface area (Å²) in [6.07, 6.45) is 6.26. The van der Waals surface area contributed by atoms with Gasteiger partial charge < -0.3 is 8.95 Å². The quantitative estimate of drug-likeness (QED) is 0.537. The monoisotopic (exact) mass is 431 g/mol. The summed E-state index contributed by atoms with van der Waals surface area (Å²) >= 11 is -1.19. The molecule has 0 aromatic carbocycles. The maximum Gasteiger partial charge on any atom is 0.331 e. The topological polar surface area (TPSA) is 84.2 Å². The third-order valence-corrected chi connectivity index (χ3v) is 7.74. The molecule has 3 heterocycles. The number of aromatic nitrogens is 2. The van der Waals surface area contributed by atoms with E-state index in [-0.39, 0.29) is 29.3 Å². The molecule has 1 aliphatic heterocycles. The number of amides is 3. The van der Waals surface area contributed by atoms with Crippen LogP contribution in [0.4, 0.5) is 10.5 Å². The van der Waals surface area contributed by atoms with E-state index in [2.05, 4.69) is 6.20 Å². The minimum atomic E-state index is -1.19. The Morgan fingerprint density at radius 3 is 2.47 bits per heavy atom. The second kappa shape index (κ2) is 7.25. The van der Waals surface area contributed by atoms with Crippen LogP contribution in [-0.2, 0) is 16.2 Å².